The van der Waals surface area contributed by atoms with Crippen molar-refractivity contribution in [2.45, 2.75) is 31.0 Å². The number of nitrogens with two attached hydrogens (primary N) is 1. The lowest BCUT2D eigenvalue weighted by atomic mass is 10.0. The van der Waals surface area contributed by atoms with Crippen molar-refractivity contribution in [2.24, 2.45) is 5.73 Å². The molecule has 0 unspecified atom stereocenters. The number of imidazole rings is 1. The lowest BCUT2D eigenvalue weighted by molar-refractivity contribution is -0.142. The number of aromatic nitrogens is 2. The van der Waals surface area contributed by atoms with Crippen LogP contribution in [0.3, 0.4) is 0 Å². The number of nitrogens with zero attached hydrogens (tertiary/aromatic N) is 1. The number of rotatable bonds is 10. The molecule has 150 valence electrons. The Labute approximate surface area is 161 Å². The standard InChI is InChI=1S/C18H23N5O5/c19-13(9-24)16(25)22-14(7-12-8-20-10-21-12)17(26)23-15(18(27)28)6-11-4-2-1-3-5-11/h1-5,8,10,13-15,24H,6-7,9,19H2,(H,20,21)(H,22,25)(H,23,26)(H,27,28)/t13-,14-,15-/m0/s1. The maximum atomic E-state index is 12.7. The number of aliphatic hydroxyl groups excluding tert-OH is 1. The van der Waals surface area contributed by atoms with E-state index in [0.717, 1.165) is 5.56 Å². The fourth-order valence-corrected chi connectivity index (χ4v) is 2.51. The highest BCUT2D eigenvalue weighted by atomic mass is 16.4. The van der Waals surface area contributed by atoms with Crippen molar-refractivity contribution in [3.05, 3.63) is 54.1 Å². The molecule has 10 nitrogen and oxygen atoms in total. The highest BCUT2D eigenvalue weighted by Gasteiger charge is 2.28. The van der Waals surface area contributed by atoms with E-state index in [0.29, 0.717) is 5.69 Å². The SMILES string of the molecule is N[C@@H](CO)C(=O)N[C@@H](Cc1cnc[nH]1)C(=O)N[C@@H](Cc1ccccc1)C(=O)O. The van der Waals surface area contributed by atoms with Gasteiger partial charge in [0.2, 0.25) is 11.8 Å². The van der Waals surface area contributed by atoms with E-state index >= 15 is 0 Å². The average molecular weight is 389 g/mol. The maximum absolute atomic E-state index is 12.7. The predicted molar refractivity (Wildman–Crippen MR) is 99.0 cm³/mol. The molecule has 1 heterocycles. The number of benzene rings is 1. The number of carboxylic acids is 1. The van der Waals surface area contributed by atoms with E-state index in [1.54, 1.807) is 30.3 Å². The summed E-state index contributed by atoms with van der Waals surface area (Å²) in [5.74, 6) is -2.61. The molecule has 2 aromatic rings. The van der Waals surface area contributed by atoms with E-state index in [9.17, 15) is 19.5 Å². The van der Waals surface area contributed by atoms with Crippen molar-refractivity contribution in [1.29, 1.82) is 0 Å². The van der Waals surface area contributed by atoms with E-state index in [2.05, 4.69) is 20.6 Å². The van der Waals surface area contributed by atoms with Crippen LogP contribution in [-0.2, 0) is 27.2 Å². The fraction of sp³-hybridized carbons (Fsp3) is 0.333. The molecular weight excluding hydrogens is 366 g/mol. The van der Waals surface area contributed by atoms with E-state index < -0.39 is 42.5 Å². The van der Waals surface area contributed by atoms with Crippen molar-refractivity contribution in [2.75, 3.05) is 6.61 Å². The number of hydrogen-bond acceptors (Lipinski definition) is 6. The van der Waals surface area contributed by atoms with Gasteiger partial charge in [-0.05, 0) is 5.56 Å². The van der Waals surface area contributed by atoms with Crippen LogP contribution in [0, 0.1) is 0 Å². The molecule has 1 aromatic carbocycles. The minimum absolute atomic E-state index is 0.0490. The van der Waals surface area contributed by atoms with Crippen LogP contribution in [0.25, 0.3) is 0 Å². The fourth-order valence-electron chi connectivity index (χ4n) is 2.51. The number of aliphatic carboxylic acids is 1. The minimum Gasteiger partial charge on any atom is -0.480 e. The van der Waals surface area contributed by atoms with Crippen LogP contribution in [0.15, 0.2) is 42.9 Å². The number of aromatic amines is 1. The van der Waals surface area contributed by atoms with E-state index in [1.165, 1.54) is 12.5 Å². The summed E-state index contributed by atoms with van der Waals surface area (Å²) < 4.78 is 0. The third-order valence-corrected chi connectivity index (χ3v) is 4.04. The number of hydrogen-bond donors (Lipinski definition) is 6. The highest BCUT2D eigenvalue weighted by Crippen LogP contribution is 2.05. The summed E-state index contributed by atoms with van der Waals surface area (Å²) in [6, 6.07) is 5.39. The van der Waals surface area contributed by atoms with Crippen molar-refractivity contribution in [1.82, 2.24) is 20.6 Å². The van der Waals surface area contributed by atoms with Crippen LogP contribution >= 0.6 is 0 Å². The summed E-state index contributed by atoms with van der Waals surface area (Å²) >= 11 is 0. The van der Waals surface area contributed by atoms with Crippen LogP contribution in [0.1, 0.15) is 11.3 Å². The van der Waals surface area contributed by atoms with Gasteiger partial charge in [0.05, 0.1) is 12.9 Å². The summed E-state index contributed by atoms with van der Waals surface area (Å²) in [5, 5.41) is 23.4. The molecule has 10 heteroatoms. The maximum Gasteiger partial charge on any atom is 0.326 e. The molecule has 28 heavy (non-hydrogen) atoms. The molecule has 2 amide bonds. The summed E-state index contributed by atoms with van der Waals surface area (Å²) in [5.41, 5.74) is 6.79. The number of aliphatic hydroxyl groups is 1. The van der Waals surface area contributed by atoms with Gasteiger partial charge in [-0.15, -0.1) is 0 Å². The molecule has 0 fully saturated rings. The molecule has 3 atom stereocenters. The van der Waals surface area contributed by atoms with Crippen molar-refractivity contribution in [3.8, 4) is 0 Å². The summed E-state index contributed by atoms with van der Waals surface area (Å²) in [4.78, 5) is 43.0. The molecule has 0 aliphatic heterocycles. The largest absolute Gasteiger partial charge is 0.480 e. The van der Waals surface area contributed by atoms with Crippen LogP contribution in [0.4, 0.5) is 0 Å². The molecule has 0 spiro atoms. The first kappa shape index (κ1) is 21.1. The van der Waals surface area contributed by atoms with Gasteiger partial charge in [0.25, 0.3) is 0 Å². The smallest absolute Gasteiger partial charge is 0.326 e. The zero-order chi connectivity index (χ0) is 20.5. The topological polar surface area (TPSA) is 170 Å². The monoisotopic (exact) mass is 389 g/mol. The van der Waals surface area contributed by atoms with Gasteiger partial charge >= 0.3 is 5.97 Å². The number of nitrogens with one attached hydrogen (secondary N) is 3. The van der Waals surface area contributed by atoms with Crippen LogP contribution in [0.2, 0.25) is 0 Å². The quantitative estimate of drug-likeness (QED) is 0.289. The molecule has 2 rings (SSSR count). The second kappa shape index (κ2) is 10.2. The zero-order valence-electron chi connectivity index (χ0n) is 15.0. The van der Waals surface area contributed by atoms with Gasteiger partial charge in [0.1, 0.15) is 18.1 Å². The first-order chi connectivity index (χ1) is 13.4. The summed E-state index contributed by atoms with van der Waals surface area (Å²) in [7, 11) is 0. The van der Waals surface area contributed by atoms with Gasteiger partial charge in [-0.25, -0.2) is 9.78 Å². The van der Waals surface area contributed by atoms with Crippen LogP contribution in [-0.4, -0.2) is 62.7 Å². The molecule has 0 saturated carbocycles. The average Bonchev–Trinajstić information content (AvgIpc) is 3.20. The van der Waals surface area contributed by atoms with Gasteiger partial charge < -0.3 is 31.6 Å². The Hall–Kier alpha value is -3.24. The molecular formula is C18H23N5O5. The first-order valence-corrected chi connectivity index (χ1v) is 8.62. The Morgan fingerprint density at radius 3 is 2.32 bits per heavy atom. The Kier molecular flexibility index (Phi) is 7.66. The third-order valence-electron chi connectivity index (χ3n) is 4.04. The number of carboxylic acid groups (broad SMARTS) is 1. The molecule has 0 radical (unpaired) electrons. The Bertz CT molecular complexity index is 781. The number of carbonyl (C=O) groups excluding carboxylic acids is 2. The van der Waals surface area contributed by atoms with Gasteiger partial charge in [-0.3, -0.25) is 9.59 Å². The summed E-state index contributed by atoms with van der Waals surface area (Å²) in [6.07, 6.45) is 3.04. The van der Waals surface area contributed by atoms with E-state index in [4.69, 9.17) is 10.8 Å². The molecule has 0 aliphatic carbocycles. The highest BCUT2D eigenvalue weighted by molar-refractivity contribution is 5.92. The van der Waals surface area contributed by atoms with Gasteiger partial charge in [-0.1, -0.05) is 30.3 Å². The minimum atomic E-state index is -1.20. The van der Waals surface area contributed by atoms with Gasteiger partial charge in [-0.2, -0.15) is 0 Å². The molecule has 1 aromatic heterocycles. The second-order valence-electron chi connectivity index (χ2n) is 6.22. The van der Waals surface area contributed by atoms with Crippen molar-refractivity contribution >= 4 is 17.8 Å². The number of amides is 2. The first-order valence-electron chi connectivity index (χ1n) is 8.62. The Morgan fingerprint density at radius 1 is 1.07 bits per heavy atom. The lowest BCUT2D eigenvalue weighted by Crippen LogP contribution is -2.56. The number of H-pyrrole nitrogens is 1. The van der Waals surface area contributed by atoms with Crippen molar-refractivity contribution in [3.63, 3.8) is 0 Å². The van der Waals surface area contributed by atoms with Gasteiger partial charge in [0, 0.05) is 24.7 Å². The normalized spacial score (nSPS) is 13.9. The van der Waals surface area contributed by atoms with Crippen LogP contribution in [0.5, 0.6) is 0 Å². The molecule has 0 saturated heterocycles. The third kappa shape index (κ3) is 6.18. The molecule has 0 bridgehead atoms. The molecule has 7 N–H and O–H groups in total. The van der Waals surface area contributed by atoms with E-state index in [1.807, 2.05) is 0 Å². The zero-order valence-corrected chi connectivity index (χ0v) is 15.0. The van der Waals surface area contributed by atoms with Crippen molar-refractivity contribution < 1.29 is 24.6 Å². The Morgan fingerprint density at radius 2 is 1.75 bits per heavy atom. The number of carbonyl (C=O) groups is 3. The summed E-state index contributed by atoms with van der Waals surface area (Å²) in [6.45, 7) is -0.587. The second-order valence-corrected chi connectivity index (χ2v) is 6.22. The Balaban J connectivity index is 2.11. The lowest BCUT2D eigenvalue weighted by Gasteiger charge is -2.22. The predicted octanol–water partition coefficient (Wildman–Crippen LogP) is -1.43. The van der Waals surface area contributed by atoms with E-state index in [-0.39, 0.29) is 12.8 Å². The van der Waals surface area contributed by atoms with Crippen LogP contribution < -0.4 is 16.4 Å². The van der Waals surface area contributed by atoms with Gasteiger partial charge in [0.15, 0.2) is 0 Å². The molecule has 0 aliphatic rings.